The average molecular weight is 579 g/mol. The molecule has 6 atom stereocenters. The monoisotopic (exact) mass is 578 g/mol. The maximum absolute atomic E-state index is 14.6. The van der Waals surface area contributed by atoms with Crippen molar-refractivity contribution in [1.82, 2.24) is 4.90 Å². The van der Waals surface area contributed by atoms with Crippen LogP contribution in [0.15, 0.2) is 78.9 Å². The predicted molar refractivity (Wildman–Crippen MR) is 155 cm³/mol. The van der Waals surface area contributed by atoms with Crippen molar-refractivity contribution in [2.24, 2.45) is 11.8 Å². The first-order valence-corrected chi connectivity index (χ1v) is 14.9. The van der Waals surface area contributed by atoms with Gasteiger partial charge in [0.05, 0.1) is 46.5 Å². The van der Waals surface area contributed by atoms with Crippen molar-refractivity contribution in [1.29, 1.82) is 0 Å². The Hall–Kier alpha value is -3.07. The van der Waals surface area contributed by atoms with E-state index in [1.54, 1.807) is 28.0 Å². The average Bonchev–Trinajstić information content (AvgIpc) is 3.38. The summed E-state index contributed by atoms with van der Waals surface area (Å²) in [7, 11) is 0. The standard InChI is InChI=1S/C31H31ClN2O5S/c32-22-12-6-7-13-23(22)33-16-9-15-31-26(25-24(40-31)14-5-2-8-17-39-30(25)38)28(36)34(27(31)29(33)37)21(19-35)18-20-10-3-1-4-11-20/h1,3-7,9-15,21,24-27,35H,2,8,16-19H2/b14-5-/t21-,24+,25-,26+,27?,31+/m1/s1. The van der Waals surface area contributed by atoms with Crippen LogP contribution in [0.25, 0.3) is 0 Å². The SMILES string of the molecule is O=C1OCCC/C=C\[C@@H]2S[C@]34C=CCN(c5ccccc5Cl)C(=O)C3N([C@@H](CO)Cc3ccccc3)C(=O)[C@@H]4[C@H]12. The fraction of sp³-hybridized carbons (Fsp3) is 0.387. The molecule has 0 aliphatic carbocycles. The lowest BCUT2D eigenvalue weighted by atomic mass is 9.78. The predicted octanol–water partition coefficient (Wildman–Crippen LogP) is 4.04. The van der Waals surface area contributed by atoms with E-state index < -0.39 is 34.6 Å². The maximum Gasteiger partial charge on any atom is 0.311 e. The summed E-state index contributed by atoms with van der Waals surface area (Å²) in [5.74, 6) is -2.53. The van der Waals surface area contributed by atoms with Gasteiger partial charge in [0.15, 0.2) is 0 Å². The number of nitrogens with zero attached hydrogens (tertiary/aromatic N) is 2. The van der Waals surface area contributed by atoms with E-state index in [0.29, 0.717) is 23.7 Å². The van der Waals surface area contributed by atoms with Crippen molar-refractivity contribution < 1.29 is 24.2 Å². The molecule has 208 valence electrons. The Morgan fingerprint density at radius 3 is 2.60 bits per heavy atom. The zero-order valence-electron chi connectivity index (χ0n) is 21.9. The summed E-state index contributed by atoms with van der Waals surface area (Å²) in [5, 5.41) is 10.8. The Morgan fingerprint density at radius 1 is 1.05 bits per heavy atom. The maximum atomic E-state index is 14.6. The zero-order chi connectivity index (χ0) is 27.9. The molecule has 1 spiro atoms. The van der Waals surface area contributed by atoms with E-state index in [9.17, 15) is 19.5 Å². The normalized spacial score (nSPS) is 31.3. The molecular weight excluding hydrogens is 548 g/mol. The highest BCUT2D eigenvalue weighted by Gasteiger charge is 2.71. The number of para-hydroxylation sites is 1. The highest BCUT2D eigenvalue weighted by Crippen LogP contribution is 2.61. The van der Waals surface area contributed by atoms with Gasteiger partial charge in [-0.25, -0.2) is 0 Å². The largest absolute Gasteiger partial charge is 0.465 e. The van der Waals surface area contributed by atoms with Gasteiger partial charge in [-0.1, -0.05) is 78.4 Å². The molecule has 7 nitrogen and oxygen atoms in total. The third-order valence-electron chi connectivity index (χ3n) is 8.35. The smallest absolute Gasteiger partial charge is 0.311 e. The van der Waals surface area contributed by atoms with Crippen molar-refractivity contribution >= 4 is 46.8 Å². The van der Waals surface area contributed by atoms with Gasteiger partial charge in [0, 0.05) is 11.8 Å². The summed E-state index contributed by atoms with van der Waals surface area (Å²) in [6.07, 6.45) is 9.78. The van der Waals surface area contributed by atoms with Crippen LogP contribution in [-0.2, 0) is 25.5 Å². The number of anilines is 1. The lowest BCUT2D eigenvalue weighted by molar-refractivity contribution is -0.153. The van der Waals surface area contributed by atoms with Crippen molar-refractivity contribution in [3.8, 4) is 0 Å². The first-order valence-electron chi connectivity index (χ1n) is 13.7. The van der Waals surface area contributed by atoms with Crippen LogP contribution in [0.4, 0.5) is 5.69 Å². The molecule has 1 N–H and O–H groups in total. The third kappa shape index (κ3) is 4.46. The summed E-state index contributed by atoms with van der Waals surface area (Å²) in [4.78, 5) is 45.8. The fourth-order valence-electron chi connectivity index (χ4n) is 6.61. The molecule has 4 heterocycles. The number of likely N-dealkylation sites (tertiary alicyclic amines) is 1. The Kier molecular flexibility index (Phi) is 7.50. The molecule has 0 radical (unpaired) electrons. The molecule has 4 aliphatic heterocycles. The van der Waals surface area contributed by atoms with E-state index in [4.69, 9.17) is 16.3 Å². The number of rotatable bonds is 5. The molecule has 2 fully saturated rings. The molecule has 6 rings (SSSR count). The number of carbonyl (C=O) groups excluding carboxylic acids is 3. The number of carbonyl (C=O) groups is 3. The van der Waals surface area contributed by atoms with Gasteiger partial charge in [0.25, 0.3) is 5.91 Å². The van der Waals surface area contributed by atoms with Crippen molar-refractivity contribution in [2.45, 2.75) is 41.3 Å². The lowest BCUT2D eigenvalue weighted by Crippen LogP contribution is -2.57. The number of halogens is 1. The first kappa shape index (κ1) is 27.1. The number of fused-ring (bicyclic) bond motifs is 2. The summed E-state index contributed by atoms with van der Waals surface area (Å²) in [6, 6.07) is 15.1. The number of thioether (sulfide) groups is 1. The Bertz CT molecular complexity index is 1370. The molecule has 4 aliphatic rings. The van der Waals surface area contributed by atoms with Crippen LogP contribution in [0.3, 0.4) is 0 Å². The van der Waals surface area contributed by atoms with E-state index >= 15 is 0 Å². The molecule has 2 aromatic carbocycles. The molecule has 40 heavy (non-hydrogen) atoms. The summed E-state index contributed by atoms with van der Waals surface area (Å²) in [5.41, 5.74) is 1.50. The van der Waals surface area contributed by atoms with E-state index in [0.717, 1.165) is 18.4 Å². The van der Waals surface area contributed by atoms with Crippen LogP contribution in [0, 0.1) is 11.8 Å². The van der Waals surface area contributed by atoms with Gasteiger partial charge in [-0.3, -0.25) is 14.4 Å². The van der Waals surface area contributed by atoms with Gasteiger partial charge < -0.3 is 19.6 Å². The second-order valence-corrected chi connectivity index (χ2v) is 12.5. The van der Waals surface area contributed by atoms with E-state index in [1.165, 1.54) is 11.8 Å². The second kappa shape index (κ2) is 11.1. The minimum absolute atomic E-state index is 0.272. The van der Waals surface area contributed by atoms with Crippen LogP contribution in [0.2, 0.25) is 5.02 Å². The van der Waals surface area contributed by atoms with Gasteiger partial charge in [-0.05, 0) is 37.0 Å². The number of aliphatic hydroxyl groups excluding tert-OH is 1. The van der Waals surface area contributed by atoms with Crippen LogP contribution in [0.1, 0.15) is 18.4 Å². The fourth-order valence-corrected chi connectivity index (χ4v) is 8.84. The Morgan fingerprint density at radius 2 is 1.82 bits per heavy atom. The van der Waals surface area contributed by atoms with E-state index in [1.807, 2.05) is 60.7 Å². The molecule has 2 aromatic rings. The van der Waals surface area contributed by atoms with Crippen LogP contribution in [0.5, 0.6) is 0 Å². The van der Waals surface area contributed by atoms with Gasteiger partial charge in [-0.2, -0.15) is 0 Å². The van der Waals surface area contributed by atoms with Crippen LogP contribution in [-0.4, -0.2) is 69.6 Å². The zero-order valence-corrected chi connectivity index (χ0v) is 23.5. The Balaban J connectivity index is 1.48. The highest BCUT2D eigenvalue weighted by molar-refractivity contribution is 8.02. The number of hydrogen-bond donors (Lipinski definition) is 1. The number of benzene rings is 2. The topological polar surface area (TPSA) is 87.2 Å². The number of esters is 1. The molecule has 1 unspecified atom stereocenters. The summed E-state index contributed by atoms with van der Waals surface area (Å²) >= 11 is 8.04. The number of hydrogen-bond acceptors (Lipinski definition) is 6. The second-order valence-electron chi connectivity index (χ2n) is 10.7. The summed E-state index contributed by atoms with van der Waals surface area (Å²) < 4.78 is 4.63. The van der Waals surface area contributed by atoms with Crippen molar-refractivity contribution in [2.75, 3.05) is 24.7 Å². The van der Waals surface area contributed by atoms with E-state index in [2.05, 4.69) is 0 Å². The van der Waals surface area contributed by atoms with Gasteiger partial charge in [0.2, 0.25) is 5.91 Å². The number of ether oxygens (including phenoxy) is 1. The molecule has 0 bridgehead atoms. The molecule has 0 saturated carbocycles. The first-order chi connectivity index (χ1) is 19.5. The van der Waals surface area contributed by atoms with Gasteiger partial charge >= 0.3 is 5.97 Å². The Labute approximate surface area is 242 Å². The minimum atomic E-state index is -1.01. The molecule has 0 aromatic heterocycles. The van der Waals surface area contributed by atoms with Gasteiger partial charge in [0.1, 0.15) is 6.04 Å². The third-order valence-corrected chi connectivity index (χ3v) is 10.4. The summed E-state index contributed by atoms with van der Waals surface area (Å²) in [6.45, 7) is 0.237. The number of aliphatic hydroxyl groups is 1. The quantitative estimate of drug-likeness (QED) is 0.426. The van der Waals surface area contributed by atoms with Crippen molar-refractivity contribution in [3.63, 3.8) is 0 Å². The van der Waals surface area contributed by atoms with Crippen LogP contribution < -0.4 is 4.90 Å². The molecular formula is C31H31ClN2O5S. The number of allylic oxidation sites excluding steroid dienone is 1. The molecule has 9 heteroatoms. The lowest BCUT2D eigenvalue weighted by Gasteiger charge is -2.38. The minimum Gasteiger partial charge on any atom is -0.465 e. The molecule has 2 saturated heterocycles. The van der Waals surface area contributed by atoms with E-state index in [-0.39, 0.29) is 30.2 Å². The number of amides is 2. The highest BCUT2D eigenvalue weighted by atomic mass is 35.5. The van der Waals surface area contributed by atoms with Crippen LogP contribution >= 0.6 is 23.4 Å². The molecule has 2 amide bonds. The number of cyclic esters (lactones) is 1. The van der Waals surface area contributed by atoms with Gasteiger partial charge in [-0.15, -0.1) is 11.8 Å². The van der Waals surface area contributed by atoms with Crippen molar-refractivity contribution in [3.05, 3.63) is 89.5 Å².